The maximum absolute atomic E-state index is 13.3. The minimum atomic E-state index is -0.510. The number of benzene rings is 3. The maximum atomic E-state index is 13.3. The van der Waals surface area contributed by atoms with E-state index < -0.39 is 6.03 Å². The summed E-state index contributed by atoms with van der Waals surface area (Å²) < 4.78 is 11.1. The van der Waals surface area contributed by atoms with Crippen molar-refractivity contribution in [3.63, 3.8) is 0 Å². The molecular formula is C30H35N3O3. The second-order valence-corrected chi connectivity index (χ2v) is 9.61. The quantitative estimate of drug-likeness (QED) is 0.449. The second-order valence-electron chi connectivity index (χ2n) is 9.61. The van der Waals surface area contributed by atoms with E-state index in [1.165, 1.54) is 0 Å². The number of urea groups is 1. The number of fused-ring (bicyclic) bond motifs is 1. The Hall–Kier alpha value is -3.93. The molecule has 1 aliphatic rings. The van der Waals surface area contributed by atoms with Crippen LogP contribution in [-0.2, 0) is 0 Å². The Morgan fingerprint density at radius 2 is 1.72 bits per heavy atom. The topological polar surface area (TPSA) is 68.0 Å². The van der Waals surface area contributed by atoms with Gasteiger partial charge in [-0.05, 0) is 60.7 Å². The average molecular weight is 486 g/mol. The molecule has 36 heavy (non-hydrogen) atoms. The van der Waals surface area contributed by atoms with Crippen molar-refractivity contribution in [3.05, 3.63) is 88.1 Å². The van der Waals surface area contributed by atoms with E-state index >= 15 is 0 Å². The van der Waals surface area contributed by atoms with Gasteiger partial charge in [0.1, 0.15) is 0 Å². The van der Waals surface area contributed by atoms with Crippen molar-refractivity contribution >= 4 is 23.0 Å². The summed E-state index contributed by atoms with van der Waals surface area (Å²) in [5.41, 5.74) is 15.0. The van der Waals surface area contributed by atoms with Gasteiger partial charge in [0.25, 0.3) is 0 Å². The van der Waals surface area contributed by atoms with Crippen LogP contribution in [0.2, 0.25) is 0 Å². The molecule has 0 spiro atoms. The third-order valence-corrected chi connectivity index (χ3v) is 6.79. The monoisotopic (exact) mass is 485 g/mol. The number of nitrogens with two attached hydrogens (primary N) is 1. The van der Waals surface area contributed by atoms with Gasteiger partial charge in [0, 0.05) is 23.9 Å². The summed E-state index contributed by atoms with van der Waals surface area (Å²) in [5, 5.41) is 0. The Morgan fingerprint density at radius 1 is 1.00 bits per heavy atom. The lowest BCUT2D eigenvalue weighted by Crippen LogP contribution is -2.42. The number of ether oxygens (including phenoxy) is 2. The van der Waals surface area contributed by atoms with Crippen molar-refractivity contribution in [3.8, 4) is 11.5 Å². The Kier molecular flexibility index (Phi) is 6.97. The van der Waals surface area contributed by atoms with Crippen LogP contribution in [0.3, 0.4) is 0 Å². The van der Waals surface area contributed by atoms with Crippen molar-refractivity contribution in [2.45, 2.75) is 33.6 Å². The molecule has 6 nitrogen and oxygen atoms in total. The van der Waals surface area contributed by atoms with E-state index in [4.69, 9.17) is 15.2 Å². The van der Waals surface area contributed by atoms with Gasteiger partial charge in [-0.3, -0.25) is 4.90 Å². The van der Waals surface area contributed by atoms with Gasteiger partial charge in [0.2, 0.25) is 0 Å². The first kappa shape index (κ1) is 25.2. The van der Waals surface area contributed by atoms with Gasteiger partial charge >= 0.3 is 6.03 Å². The van der Waals surface area contributed by atoms with E-state index in [2.05, 4.69) is 49.9 Å². The summed E-state index contributed by atoms with van der Waals surface area (Å²) in [6.07, 6.45) is 0. The maximum Gasteiger partial charge on any atom is 0.323 e. The van der Waals surface area contributed by atoms with E-state index in [0.717, 1.165) is 50.5 Å². The van der Waals surface area contributed by atoms with Crippen LogP contribution in [0.5, 0.6) is 11.5 Å². The summed E-state index contributed by atoms with van der Waals surface area (Å²) in [6, 6.07) is 17.9. The molecule has 188 valence electrons. The Morgan fingerprint density at radius 3 is 2.36 bits per heavy atom. The summed E-state index contributed by atoms with van der Waals surface area (Å²) in [6.45, 7) is 8.87. The molecule has 4 rings (SSSR count). The van der Waals surface area contributed by atoms with Gasteiger partial charge < -0.3 is 20.1 Å². The van der Waals surface area contributed by atoms with Crippen molar-refractivity contribution in [1.29, 1.82) is 0 Å². The number of amides is 2. The molecule has 0 aromatic heterocycles. The van der Waals surface area contributed by atoms with Crippen LogP contribution in [0, 0.1) is 13.8 Å². The Labute approximate surface area is 213 Å². The van der Waals surface area contributed by atoms with Crippen LogP contribution in [0.25, 0.3) is 5.57 Å². The zero-order valence-electron chi connectivity index (χ0n) is 22.2. The third kappa shape index (κ3) is 4.39. The number of methoxy groups -OCH3 is 2. The largest absolute Gasteiger partial charge is 0.493 e. The van der Waals surface area contributed by atoms with Gasteiger partial charge in [-0.15, -0.1) is 0 Å². The van der Waals surface area contributed by atoms with Crippen LogP contribution in [0.1, 0.15) is 47.6 Å². The number of likely N-dealkylation sites (N-methyl/N-ethyl adjacent to an activating group) is 1. The normalized spacial score (nSPS) is 13.1. The van der Waals surface area contributed by atoms with Crippen LogP contribution in [0.4, 0.5) is 16.2 Å². The van der Waals surface area contributed by atoms with Crippen molar-refractivity contribution in [2.24, 2.45) is 5.73 Å². The van der Waals surface area contributed by atoms with Gasteiger partial charge in [-0.2, -0.15) is 0 Å². The van der Waals surface area contributed by atoms with Crippen LogP contribution in [0.15, 0.2) is 60.3 Å². The zero-order chi connectivity index (χ0) is 26.1. The van der Waals surface area contributed by atoms with E-state index in [1.807, 2.05) is 44.3 Å². The molecule has 0 aliphatic carbocycles. The smallest absolute Gasteiger partial charge is 0.323 e. The van der Waals surface area contributed by atoms with Crippen LogP contribution < -0.4 is 25.0 Å². The van der Waals surface area contributed by atoms with Crippen LogP contribution >= 0.6 is 0 Å². The fourth-order valence-electron chi connectivity index (χ4n) is 5.05. The molecule has 1 aliphatic heterocycles. The number of nitrogens with zero attached hydrogens (tertiary/aromatic N) is 2. The van der Waals surface area contributed by atoms with Crippen molar-refractivity contribution in [1.82, 2.24) is 0 Å². The average Bonchev–Trinajstić information content (AvgIpc) is 2.84. The zero-order valence-corrected chi connectivity index (χ0v) is 22.2. The molecule has 0 saturated heterocycles. The highest BCUT2D eigenvalue weighted by Crippen LogP contribution is 2.44. The molecule has 1 heterocycles. The molecule has 0 saturated carbocycles. The fourth-order valence-corrected chi connectivity index (χ4v) is 5.05. The first-order chi connectivity index (χ1) is 17.2. The van der Waals surface area contributed by atoms with Gasteiger partial charge in [-0.25, -0.2) is 4.79 Å². The lowest BCUT2D eigenvalue weighted by molar-refractivity contribution is 0.255. The van der Waals surface area contributed by atoms with Crippen LogP contribution in [-0.4, -0.2) is 33.8 Å². The van der Waals surface area contributed by atoms with Gasteiger partial charge in [-0.1, -0.05) is 49.7 Å². The number of anilines is 2. The van der Waals surface area contributed by atoms with E-state index in [0.29, 0.717) is 18.0 Å². The lowest BCUT2D eigenvalue weighted by atomic mass is 9.88. The fraction of sp³-hybridized carbons (Fsp3) is 0.300. The highest BCUT2D eigenvalue weighted by Gasteiger charge is 2.32. The first-order valence-electron chi connectivity index (χ1n) is 12.1. The minimum absolute atomic E-state index is 0.211. The first-order valence-corrected chi connectivity index (χ1v) is 12.1. The Balaban J connectivity index is 2.11. The molecule has 0 atom stereocenters. The molecule has 2 N–H and O–H groups in total. The molecule has 0 fully saturated rings. The number of para-hydroxylation sites is 1. The number of aryl methyl sites for hydroxylation is 2. The predicted octanol–water partition coefficient (Wildman–Crippen LogP) is 6.24. The molecule has 3 aromatic rings. The van der Waals surface area contributed by atoms with E-state index in [1.54, 1.807) is 19.1 Å². The Bertz CT molecular complexity index is 1340. The molecule has 2 amide bonds. The molecule has 0 radical (unpaired) electrons. The number of hydrogen-bond acceptors (Lipinski definition) is 4. The molecule has 0 unspecified atom stereocenters. The lowest BCUT2D eigenvalue weighted by Gasteiger charge is -2.38. The number of hydrogen-bond donors (Lipinski definition) is 1. The summed E-state index contributed by atoms with van der Waals surface area (Å²) in [5.74, 6) is 1.48. The van der Waals surface area contributed by atoms with E-state index in [9.17, 15) is 4.79 Å². The highest BCUT2D eigenvalue weighted by molar-refractivity contribution is 6.03. The number of carbonyl (C=O) groups is 1. The molecule has 3 aromatic carbocycles. The third-order valence-electron chi connectivity index (χ3n) is 6.79. The number of rotatable bonds is 6. The molecular weight excluding hydrogens is 450 g/mol. The summed E-state index contributed by atoms with van der Waals surface area (Å²) in [7, 11) is 5.29. The van der Waals surface area contributed by atoms with E-state index in [-0.39, 0.29) is 5.92 Å². The molecule has 6 heteroatoms. The minimum Gasteiger partial charge on any atom is -0.493 e. The van der Waals surface area contributed by atoms with Crippen molar-refractivity contribution in [2.75, 3.05) is 37.6 Å². The summed E-state index contributed by atoms with van der Waals surface area (Å²) >= 11 is 0. The summed E-state index contributed by atoms with van der Waals surface area (Å²) in [4.78, 5) is 17.1. The van der Waals surface area contributed by atoms with Gasteiger partial charge in [0.15, 0.2) is 11.5 Å². The number of primary amides is 1. The SMILES string of the molecule is COc1ccc(C2=C(N(C(N)=O)c3c(C)cccc3C(C)C)CN(C)c3ccc(C)cc32)cc1OC. The molecule has 0 bridgehead atoms. The highest BCUT2D eigenvalue weighted by atomic mass is 16.5. The van der Waals surface area contributed by atoms with Crippen molar-refractivity contribution < 1.29 is 14.3 Å². The standard InChI is InChI=1S/C30H35N3O3/c1-18(2)22-10-8-9-20(4)29(22)33(30(31)34)25-17-32(5)24-13-11-19(3)15-23(24)28(25)21-12-14-26(35-6)27(16-21)36-7/h8-16,18H,17H2,1-7H3,(H2,31,34). The second kappa shape index (κ2) is 9.97. The predicted molar refractivity (Wildman–Crippen MR) is 147 cm³/mol. The number of carbonyl (C=O) groups excluding carboxylic acids is 1. The van der Waals surface area contributed by atoms with Gasteiger partial charge in [0.05, 0.1) is 32.1 Å².